The van der Waals surface area contributed by atoms with Gasteiger partial charge in [-0.1, -0.05) is 6.92 Å². The number of likely N-dealkylation sites (N-methyl/N-ethyl adjacent to an activating group) is 1. The van der Waals surface area contributed by atoms with Gasteiger partial charge in [-0.3, -0.25) is 9.69 Å². The lowest BCUT2D eigenvalue weighted by Gasteiger charge is -2.19. The van der Waals surface area contributed by atoms with Gasteiger partial charge in [0.15, 0.2) is 0 Å². The minimum atomic E-state index is -4.28. The van der Waals surface area contributed by atoms with Crippen molar-refractivity contribution in [1.82, 2.24) is 4.90 Å². The first-order valence-electron chi connectivity index (χ1n) is 5.91. The van der Waals surface area contributed by atoms with E-state index >= 15 is 0 Å². The van der Waals surface area contributed by atoms with Crippen LogP contribution in [-0.4, -0.2) is 56.5 Å². The summed E-state index contributed by atoms with van der Waals surface area (Å²) in [5.74, 6) is -0.324. The fourth-order valence-corrected chi connectivity index (χ4v) is 1.32. The van der Waals surface area contributed by atoms with E-state index in [1.54, 1.807) is 11.8 Å². The summed E-state index contributed by atoms with van der Waals surface area (Å²) in [4.78, 5) is 13.0. The van der Waals surface area contributed by atoms with Crippen molar-refractivity contribution in [1.29, 1.82) is 0 Å². The van der Waals surface area contributed by atoms with Gasteiger partial charge in [-0.05, 0) is 19.9 Å². The van der Waals surface area contributed by atoms with E-state index in [4.69, 9.17) is 4.74 Å². The van der Waals surface area contributed by atoms with Crippen LogP contribution in [0.1, 0.15) is 20.3 Å². The number of alkyl halides is 3. The molecule has 0 aromatic rings. The van der Waals surface area contributed by atoms with Gasteiger partial charge in [0.05, 0.1) is 13.2 Å². The third-order valence-corrected chi connectivity index (χ3v) is 2.13. The van der Waals surface area contributed by atoms with Crippen molar-refractivity contribution in [3.63, 3.8) is 0 Å². The van der Waals surface area contributed by atoms with Gasteiger partial charge in [-0.15, -0.1) is 0 Å². The molecule has 7 heteroatoms. The number of carbonyl (C=O) groups excluding carboxylic acids is 1. The largest absolute Gasteiger partial charge is 0.465 e. The highest BCUT2D eigenvalue weighted by Gasteiger charge is 2.27. The van der Waals surface area contributed by atoms with Crippen molar-refractivity contribution in [2.24, 2.45) is 0 Å². The smallest absolute Gasteiger partial charge is 0.411 e. The Kier molecular flexibility index (Phi) is 8.74. The topological polar surface area (TPSA) is 38.8 Å². The summed E-state index contributed by atoms with van der Waals surface area (Å²) in [5, 5.41) is 0. The lowest BCUT2D eigenvalue weighted by molar-refractivity contribution is -0.174. The van der Waals surface area contributed by atoms with Crippen LogP contribution in [0.15, 0.2) is 0 Å². The molecule has 108 valence electrons. The Hall–Kier alpha value is -0.820. The highest BCUT2D eigenvalue weighted by molar-refractivity contribution is 5.71. The predicted octanol–water partition coefficient (Wildman–Crippen LogP) is 1.84. The van der Waals surface area contributed by atoms with E-state index < -0.39 is 12.8 Å². The molecule has 0 N–H and O–H groups in total. The van der Waals surface area contributed by atoms with Gasteiger partial charge in [0, 0.05) is 13.2 Å². The van der Waals surface area contributed by atoms with Gasteiger partial charge < -0.3 is 9.47 Å². The number of hydrogen-bond donors (Lipinski definition) is 0. The van der Waals surface area contributed by atoms with Crippen LogP contribution in [0.4, 0.5) is 13.2 Å². The second-order valence-electron chi connectivity index (χ2n) is 3.70. The molecule has 0 aromatic heterocycles. The predicted molar refractivity (Wildman–Crippen MR) is 60.2 cm³/mol. The first-order valence-corrected chi connectivity index (χ1v) is 5.91. The molecule has 0 aliphatic carbocycles. The average Bonchev–Trinajstić information content (AvgIpc) is 2.25. The first-order chi connectivity index (χ1) is 8.39. The molecule has 0 spiro atoms. The highest BCUT2D eigenvalue weighted by atomic mass is 19.4. The zero-order valence-electron chi connectivity index (χ0n) is 10.8. The van der Waals surface area contributed by atoms with Gasteiger partial charge in [-0.25, -0.2) is 0 Å². The molecular formula is C11H20F3NO3. The average molecular weight is 271 g/mol. The first kappa shape index (κ1) is 17.2. The minimum Gasteiger partial charge on any atom is -0.465 e. The Labute approximate surface area is 105 Å². The van der Waals surface area contributed by atoms with Crippen molar-refractivity contribution in [3.05, 3.63) is 0 Å². The molecule has 0 aliphatic heterocycles. The SMILES string of the molecule is CCOC(=O)CN(CC)CCCOCC(F)(F)F. The normalized spacial score (nSPS) is 11.9. The van der Waals surface area contributed by atoms with Crippen LogP contribution in [0.5, 0.6) is 0 Å². The van der Waals surface area contributed by atoms with E-state index in [9.17, 15) is 18.0 Å². The summed E-state index contributed by atoms with van der Waals surface area (Å²) in [6.45, 7) is 4.02. The zero-order chi connectivity index (χ0) is 14.0. The lowest BCUT2D eigenvalue weighted by Crippen LogP contribution is -2.32. The Morgan fingerprint density at radius 3 is 2.44 bits per heavy atom. The third-order valence-electron chi connectivity index (χ3n) is 2.13. The summed E-state index contributed by atoms with van der Waals surface area (Å²) in [7, 11) is 0. The Bertz CT molecular complexity index is 234. The second-order valence-corrected chi connectivity index (χ2v) is 3.70. The van der Waals surface area contributed by atoms with Gasteiger partial charge in [0.25, 0.3) is 0 Å². The Morgan fingerprint density at radius 1 is 1.28 bits per heavy atom. The summed E-state index contributed by atoms with van der Waals surface area (Å²) in [6.07, 6.45) is -3.83. The number of esters is 1. The van der Waals surface area contributed by atoms with E-state index in [2.05, 4.69) is 4.74 Å². The molecule has 0 fully saturated rings. The molecule has 0 saturated carbocycles. The molecule has 0 rings (SSSR count). The molecule has 0 atom stereocenters. The molecule has 0 aliphatic rings. The minimum absolute atomic E-state index is 0.0266. The maximum atomic E-state index is 11.8. The molecule has 0 bridgehead atoms. The van der Waals surface area contributed by atoms with Crippen LogP contribution < -0.4 is 0 Å². The molecule has 0 radical (unpaired) electrons. The van der Waals surface area contributed by atoms with Crippen molar-refractivity contribution < 1.29 is 27.4 Å². The van der Waals surface area contributed by atoms with E-state index in [1.807, 2.05) is 6.92 Å². The molecule has 0 aromatic carbocycles. The third kappa shape index (κ3) is 10.3. The van der Waals surface area contributed by atoms with E-state index in [0.717, 1.165) is 0 Å². The van der Waals surface area contributed by atoms with Crippen LogP contribution in [-0.2, 0) is 14.3 Å². The fourth-order valence-electron chi connectivity index (χ4n) is 1.32. The lowest BCUT2D eigenvalue weighted by atomic mass is 10.4. The van der Waals surface area contributed by atoms with Crippen molar-refractivity contribution >= 4 is 5.97 Å². The Balaban J connectivity index is 3.65. The number of hydrogen-bond acceptors (Lipinski definition) is 4. The molecule has 0 heterocycles. The number of carbonyl (C=O) groups is 1. The van der Waals surface area contributed by atoms with Gasteiger partial charge in [-0.2, -0.15) is 13.2 Å². The van der Waals surface area contributed by atoms with E-state index in [0.29, 0.717) is 26.1 Å². The summed E-state index contributed by atoms with van der Waals surface area (Å²) in [6, 6.07) is 0. The van der Waals surface area contributed by atoms with E-state index in [1.165, 1.54) is 0 Å². The number of halogens is 3. The maximum Gasteiger partial charge on any atom is 0.411 e. The molecular weight excluding hydrogens is 251 g/mol. The zero-order valence-corrected chi connectivity index (χ0v) is 10.8. The quantitative estimate of drug-likeness (QED) is 0.474. The van der Waals surface area contributed by atoms with Gasteiger partial charge in [0.2, 0.25) is 0 Å². The van der Waals surface area contributed by atoms with Crippen molar-refractivity contribution in [3.8, 4) is 0 Å². The van der Waals surface area contributed by atoms with E-state index in [-0.39, 0.29) is 19.1 Å². The number of nitrogens with zero attached hydrogens (tertiary/aromatic N) is 1. The molecule has 0 saturated heterocycles. The van der Waals surface area contributed by atoms with Crippen LogP contribution in [0.25, 0.3) is 0 Å². The van der Waals surface area contributed by atoms with Gasteiger partial charge in [0.1, 0.15) is 6.61 Å². The standard InChI is InChI=1S/C11H20F3NO3/c1-3-15(8-10(16)18-4-2)6-5-7-17-9-11(12,13)14/h3-9H2,1-2H3. The maximum absolute atomic E-state index is 11.8. The van der Waals surface area contributed by atoms with Crippen molar-refractivity contribution in [2.45, 2.75) is 26.4 Å². The molecule has 0 amide bonds. The monoisotopic (exact) mass is 271 g/mol. The van der Waals surface area contributed by atoms with Crippen molar-refractivity contribution in [2.75, 3.05) is 39.5 Å². The molecule has 0 unspecified atom stereocenters. The molecule has 4 nitrogen and oxygen atoms in total. The summed E-state index contributed by atoms with van der Waals surface area (Å²) < 4.78 is 44.6. The highest BCUT2D eigenvalue weighted by Crippen LogP contribution is 2.14. The molecule has 18 heavy (non-hydrogen) atoms. The number of rotatable bonds is 9. The van der Waals surface area contributed by atoms with Crippen LogP contribution in [0, 0.1) is 0 Å². The van der Waals surface area contributed by atoms with Crippen LogP contribution in [0.3, 0.4) is 0 Å². The second kappa shape index (κ2) is 9.16. The Morgan fingerprint density at radius 2 is 1.94 bits per heavy atom. The van der Waals surface area contributed by atoms with Crippen LogP contribution in [0.2, 0.25) is 0 Å². The summed E-state index contributed by atoms with van der Waals surface area (Å²) in [5.41, 5.74) is 0. The fraction of sp³-hybridized carbons (Fsp3) is 0.909. The van der Waals surface area contributed by atoms with Gasteiger partial charge >= 0.3 is 12.1 Å². The summed E-state index contributed by atoms with van der Waals surface area (Å²) >= 11 is 0. The van der Waals surface area contributed by atoms with Crippen LogP contribution >= 0.6 is 0 Å². The number of ether oxygens (including phenoxy) is 2.